The van der Waals surface area contributed by atoms with Crippen LogP contribution in [0.3, 0.4) is 0 Å². The second-order valence-corrected chi connectivity index (χ2v) is 10.7. The number of sulfone groups is 1. The molecule has 0 aliphatic carbocycles. The van der Waals surface area contributed by atoms with Crippen LogP contribution in [0.4, 0.5) is 0 Å². The Hall–Kier alpha value is -1.86. The highest BCUT2D eigenvalue weighted by Gasteiger charge is 2.16. The first-order valence-corrected chi connectivity index (χ1v) is 11.6. The molecule has 0 aliphatic rings. The van der Waals surface area contributed by atoms with Gasteiger partial charge in [0.25, 0.3) is 5.91 Å². The number of amides is 1. The van der Waals surface area contributed by atoms with E-state index in [0.717, 1.165) is 16.3 Å². The van der Waals surface area contributed by atoms with Gasteiger partial charge in [-0.3, -0.25) is 4.79 Å². The predicted octanol–water partition coefficient (Wildman–Crippen LogP) is 4.41. The van der Waals surface area contributed by atoms with Crippen molar-refractivity contribution in [3.63, 3.8) is 0 Å². The van der Waals surface area contributed by atoms with Crippen LogP contribution in [0.5, 0.6) is 5.75 Å². The summed E-state index contributed by atoms with van der Waals surface area (Å²) in [7, 11) is -3.24. The Bertz CT molecular complexity index is 947. The summed E-state index contributed by atoms with van der Waals surface area (Å²) < 4.78 is 29.5. The van der Waals surface area contributed by atoms with Crippen LogP contribution < -0.4 is 10.1 Å². The van der Waals surface area contributed by atoms with Crippen molar-refractivity contribution in [1.29, 1.82) is 0 Å². The number of rotatable bonds is 6. The molecule has 0 unspecified atom stereocenters. The normalized spacial score (nSPS) is 13.1. The number of ether oxygens (including phenoxy) is 1. The van der Waals surface area contributed by atoms with Gasteiger partial charge in [0.2, 0.25) is 0 Å². The number of carbonyl (C=O) groups excluding carboxylic acids is 1. The van der Waals surface area contributed by atoms with E-state index in [4.69, 9.17) is 4.74 Å². The van der Waals surface area contributed by atoms with Gasteiger partial charge in [-0.1, -0.05) is 39.0 Å². The highest BCUT2D eigenvalue weighted by molar-refractivity contribution is 9.10. The summed E-state index contributed by atoms with van der Waals surface area (Å²) in [5.41, 5.74) is 2.01. The Morgan fingerprint density at radius 2 is 1.75 bits per heavy atom. The van der Waals surface area contributed by atoms with Crippen LogP contribution >= 0.6 is 15.9 Å². The van der Waals surface area contributed by atoms with Gasteiger partial charge in [-0.05, 0) is 63.7 Å². The van der Waals surface area contributed by atoms with Crippen LogP contribution in [0.2, 0.25) is 0 Å². The predicted molar refractivity (Wildman–Crippen MR) is 114 cm³/mol. The minimum atomic E-state index is -3.24. The molecule has 2 aromatic rings. The number of hydrogen-bond acceptors (Lipinski definition) is 4. The minimum Gasteiger partial charge on any atom is -0.483 e. The fraction of sp³-hybridized carbons (Fsp3) is 0.381. The zero-order valence-corrected chi connectivity index (χ0v) is 19.1. The van der Waals surface area contributed by atoms with E-state index in [1.165, 1.54) is 17.7 Å². The minimum absolute atomic E-state index is 0.0283. The molecule has 0 spiro atoms. The summed E-state index contributed by atoms with van der Waals surface area (Å²) in [6.45, 7) is 8.12. The number of nitrogens with one attached hydrogen (secondary N) is 1. The second-order valence-electron chi connectivity index (χ2n) is 7.81. The lowest BCUT2D eigenvalue weighted by Gasteiger charge is -2.20. The van der Waals surface area contributed by atoms with Crippen molar-refractivity contribution in [3.05, 3.63) is 58.1 Å². The van der Waals surface area contributed by atoms with Gasteiger partial charge in [-0.15, -0.1) is 0 Å². The zero-order valence-electron chi connectivity index (χ0n) is 16.7. The van der Waals surface area contributed by atoms with E-state index in [1.807, 2.05) is 25.1 Å². The monoisotopic (exact) mass is 467 g/mol. The van der Waals surface area contributed by atoms with Gasteiger partial charge in [-0.2, -0.15) is 0 Å². The van der Waals surface area contributed by atoms with Crippen molar-refractivity contribution in [2.24, 2.45) is 0 Å². The van der Waals surface area contributed by atoms with Crippen molar-refractivity contribution in [2.75, 3.05) is 12.9 Å². The molecule has 152 valence electrons. The number of halogens is 1. The Morgan fingerprint density at radius 3 is 2.25 bits per heavy atom. The largest absolute Gasteiger partial charge is 0.483 e. The summed E-state index contributed by atoms with van der Waals surface area (Å²) in [5.74, 6) is 0.347. The molecule has 0 radical (unpaired) electrons. The average molecular weight is 468 g/mol. The SMILES string of the molecule is C[C@@H](NC(=O)COc1ccc(C(C)(C)C)cc1Br)c1ccc(S(C)(=O)=O)cc1. The van der Waals surface area contributed by atoms with Gasteiger partial charge in [-0.25, -0.2) is 8.42 Å². The molecule has 0 heterocycles. The summed E-state index contributed by atoms with van der Waals surface area (Å²) in [5, 5.41) is 2.85. The molecule has 2 aromatic carbocycles. The third kappa shape index (κ3) is 6.07. The lowest BCUT2D eigenvalue weighted by molar-refractivity contribution is -0.123. The lowest BCUT2D eigenvalue weighted by Crippen LogP contribution is -2.31. The molecule has 28 heavy (non-hydrogen) atoms. The van der Waals surface area contributed by atoms with E-state index in [-0.39, 0.29) is 28.9 Å². The summed E-state index contributed by atoms with van der Waals surface area (Å²) >= 11 is 3.49. The lowest BCUT2D eigenvalue weighted by atomic mass is 9.87. The first-order chi connectivity index (χ1) is 12.9. The van der Waals surface area contributed by atoms with Crippen LogP contribution in [0, 0.1) is 0 Å². The van der Waals surface area contributed by atoms with Crippen molar-refractivity contribution in [1.82, 2.24) is 5.32 Å². The maximum absolute atomic E-state index is 12.2. The standard InChI is InChI=1S/C21H26BrNO4S/c1-14(15-6-9-17(10-7-15)28(5,25)26)23-20(24)13-27-19-11-8-16(12-18(19)22)21(2,3)4/h6-12,14H,13H2,1-5H3,(H,23,24)/t14-/m1/s1. The van der Waals surface area contributed by atoms with Gasteiger partial charge < -0.3 is 10.1 Å². The number of hydrogen-bond donors (Lipinski definition) is 1. The van der Waals surface area contributed by atoms with Crippen molar-refractivity contribution < 1.29 is 17.9 Å². The summed E-state index contributed by atoms with van der Waals surface area (Å²) in [6.07, 6.45) is 1.16. The topological polar surface area (TPSA) is 72.5 Å². The van der Waals surface area contributed by atoms with Crippen LogP contribution in [-0.2, 0) is 20.0 Å². The molecule has 2 rings (SSSR count). The molecule has 5 nitrogen and oxygen atoms in total. The second kappa shape index (κ2) is 8.66. The fourth-order valence-corrected chi connectivity index (χ4v) is 3.72. The molecule has 0 fully saturated rings. The molecule has 0 saturated heterocycles. The fourth-order valence-electron chi connectivity index (χ4n) is 2.60. The van der Waals surface area contributed by atoms with Gasteiger partial charge >= 0.3 is 0 Å². The number of carbonyl (C=O) groups is 1. The molecule has 1 N–H and O–H groups in total. The number of benzene rings is 2. The van der Waals surface area contributed by atoms with Gasteiger partial charge in [0.05, 0.1) is 15.4 Å². The smallest absolute Gasteiger partial charge is 0.258 e. The van der Waals surface area contributed by atoms with Crippen LogP contribution in [0.25, 0.3) is 0 Å². The van der Waals surface area contributed by atoms with Crippen LogP contribution in [-0.4, -0.2) is 27.2 Å². The maximum atomic E-state index is 12.2. The molecule has 0 bridgehead atoms. The van der Waals surface area contributed by atoms with E-state index in [2.05, 4.69) is 42.0 Å². The van der Waals surface area contributed by atoms with Gasteiger partial charge in [0.15, 0.2) is 16.4 Å². The Labute approximate surface area is 175 Å². The van der Waals surface area contributed by atoms with E-state index in [1.54, 1.807) is 12.1 Å². The summed E-state index contributed by atoms with van der Waals surface area (Å²) in [4.78, 5) is 12.5. The third-order valence-corrected chi connectivity index (χ3v) is 6.09. The first kappa shape index (κ1) is 22.4. The first-order valence-electron chi connectivity index (χ1n) is 8.90. The quantitative estimate of drug-likeness (QED) is 0.682. The molecule has 0 aliphatic heterocycles. The van der Waals surface area contributed by atoms with E-state index < -0.39 is 9.84 Å². The van der Waals surface area contributed by atoms with Crippen molar-refractivity contribution in [2.45, 2.75) is 44.0 Å². The van der Waals surface area contributed by atoms with E-state index >= 15 is 0 Å². The van der Waals surface area contributed by atoms with Crippen molar-refractivity contribution in [3.8, 4) is 5.75 Å². The molecule has 0 aromatic heterocycles. The zero-order chi connectivity index (χ0) is 21.1. The van der Waals surface area contributed by atoms with Crippen molar-refractivity contribution >= 4 is 31.7 Å². The van der Waals surface area contributed by atoms with E-state index in [9.17, 15) is 13.2 Å². The van der Waals surface area contributed by atoms with Crippen LogP contribution in [0.15, 0.2) is 51.8 Å². The Kier molecular flexibility index (Phi) is 6.93. The highest BCUT2D eigenvalue weighted by atomic mass is 79.9. The van der Waals surface area contributed by atoms with E-state index in [0.29, 0.717) is 5.75 Å². The van der Waals surface area contributed by atoms with Crippen LogP contribution in [0.1, 0.15) is 44.9 Å². The molecular formula is C21H26BrNO4S. The Balaban J connectivity index is 1.95. The maximum Gasteiger partial charge on any atom is 0.258 e. The molecular weight excluding hydrogens is 442 g/mol. The van der Waals surface area contributed by atoms with Gasteiger partial charge in [0.1, 0.15) is 5.75 Å². The Morgan fingerprint density at radius 1 is 1.14 bits per heavy atom. The highest BCUT2D eigenvalue weighted by Crippen LogP contribution is 2.31. The summed E-state index contributed by atoms with van der Waals surface area (Å²) in [6, 6.07) is 12.1. The molecule has 1 amide bonds. The molecule has 7 heteroatoms. The van der Waals surface area contributed by atoms with Gasteiger partial charge in [0, 0.05) is 6.26 Å². The molecule has 0 saturated carbocycles. The third-order valence-electron chi connectivity index (χ3n) is 4.34. The molecule has 1 atom stereocenters. The average Bonchev–Trinajstić information content (AvgIpc) is 2.59.